The zero-order valence-electron chi connectivity index (χ0n) is 24.5. The fraction of sp³-hybridized carbons (Fsp3) is 0.500. The Bertz CT molecular complexity index is 1410. The number of amides is 3. The Kier molecular flexibility index (Phi) is 8.63. The molecule has 218 valence electrons. The average molecular weight is 577 g/mol. The fourth-order valence-corrected chi connectivity index (χ4v) is 6.93. The molecule has 2 aromatic heterocycles. The molecule has 0 radical (unpaired) electrons. The molecular weight excluding hydrogens is 536 g/mol. The van der Waals surface area contributed by atoms with Gasteiger partial charge in [-0.1, -0.05) is 37.5 Å². The van der Waals surface area contributed by atoms with Gasteiger partial charge in [-0.05, 0) is 64.3 Å². The molecular formula is C32H40N4O4S. The lowest BCUT2D eigenvalue weighted by atomic mass is 9.94. The van der Waals surface area contributed by atoms with E-state index in [9.17, 15) is 14.4 Å². The lowest BCUT2D eigenvalue weighted by Gasteiger charge is -2.39. The number of benzene rings is 1. The molecule has 41 heavy (non-hydrogen) atoms. The third kappa shape index (κ3) is 6.56. The maximum absolute atomic E-state index is 13.7. The number of aromatic nitrogens is 1. The lowest BCUT2D eigenvalue weighted by molar-refractivity contribution is -0.137. The number of ether oxygens (including phenoxy) is 1. The molecule has 3 heterocycles. The van der Waals surface area contributed by atoms with Gasteiger partial charge in [0.25, 0.3) is 5.91 Å². The number of nitrogens with zero attached hydrogens (tertiary/aromatic N) is 4. The Morgan fingerprint density at radius 2 is 1.88 bits per heavy atom. The number of para-hydroxylation sites is 1. The minimum Gasteiger partial charge on any atom is -0.444 e. The summed E-state index contributed by atoms with van der Waals surface area (Å²) in [5.74, 6) is -0.114. The van der Waals surface area contributed by atoms with Gasteiger partial charge >= 0.3 is 6.09 Å². The molecule has 0 spiro atoms. The first-order chi connectivity index (χ1) is 19.6. The van der Waals surface area contributed by atoms with Crippen molar-refractivity contribution in [2.45, 2.75) is 77.5 Å². The van der Waals surface area contributed by atoms with Gasteiger partial charge < -0.3 is 14.5 Å². The smallest absolute Gasteiger partial charge is 0.410 e. The van der Waals surface area contributed by atoms with Crippen LogP contribution in [0.3, 0.4) is 0 Å². The summed E-state index contributed by atoms with van der Waals surface area (Å²) in [5, 5.41) is 2.91. The number of piperazine rings is 1. The summed E-state index contributed by atoms with van der Waals surface area (Å²) in [5.41, 5.74) is 1.78. The first-order valence-corrected chi connectivity index (χ1v) is 15.5. The molecule has 0 N–H and O–H groups in total. The topological polar surface area (TPSA) is 83.1 Å². The number of fused-ring (bicyclic) bond motifs is 1. The highest BCUT2D eigenvalue weighted by molar-refractivity contribution is 7.10. The van der Waals surface area contributed by atoms with Crippen molar-refractivity contribution in [2.75, 3.05) is 26.2 Å². The van der Waals surface area contributed by atoms with E-state index >= 15 is 0 Å². The van der Waals surface area contributed by atoms with Crippen molar-refractivity contribution in [3.05, 3.63) is 64.0 Å². The molecule has 5 rings (SSSR count). The molecule has 1 aliphatic carbocycles. The van der Waals surface area contributed by atoms with E-state index < -0.39 is 17.7 Å². The van der Waals surface area contributed by atoms with Gasteiger partial charge in [0.1, 0.15) is 12.1 Å². The van der Waals surface area contributed by atoms with E-state index in [2.05, 4.69) is 11.1 Å². The summed E-state index contributed by atoms with van der Waals surface area (Å²) >= 11 is 1.50. The third-order valence-corrected chi connectivity index (χ3v) is 8.89. The van der Waals surface area contributed by atoms with Crippen LogP contribution >= 0.6 is 11.3 Å². The summed E-state index contributed by atoms with van der Waals surface area (Å²) in [6.45, 7) is 8.82. The van der Waals surface area contributed by atoms with Crippen molar-refractivity contribution < 1.29 is 19.1 Å². The van der Waals surface area contributed by atoms with Crippen LogP contribution in [0.5, 0.6) is 0 Å². The van der Waals surface area contributed by atoms with Crippen LogP contribution in [0.2, 0.25) is 0 Å². The minimum atomic E-state index is -0.638. The molecule has 9 heteroatoms. The molecule has 1 unspecified atom stereocenters. The van der Waals surface area contributed by atoms with Crippen LogP contribution in [0, 0.1) is 0 Å². The van der Waals surface area contributed by atoms with E-state index in [0.717, 1.165) is 47.0 Å². The maximum Gasteiger partial charge on any atom is 0.410 e. The number of carbonyl (C=O) groups is 3. The van der Waals surface area contributed by atoms with E-state index in [1.54, 1.807) is 0 Å². The number of hydrogen-bond acceptors (Lipinski definition) is 6. The molecule has 3 aromatic rings. The van der Waals surface area contributed by atoms with E-state index in [4.69, 9.17) is 4.74 Å². The van der Waals surface area contributed by atoms with E-state index in [1.165, 1.54) is 22.7 Å². The van der Waals surface area contributed by atoms with Crippen LogP contribution in [-0.4, -0.2) is 75.4 Å². The van der Waals surface area contributed by atoms with Crippen LogP contribution in [0.15, 0.2) is 48.0 Å². The van der Waals surface area contributed by atoms with Gasteiger partial charge in [-0.3, -0.25) is 19.5 Å². The van der Waals surface area contributed by atoms with Crippen LogP contribution in [0.1, 0.15) is 86.6 Å². The summed E-state index contributed by atoms with van der Waals surface area (Å²) < 4.78 is 5.52. The molecule has 2 aliphatic rings. The second-order valence-electron chi connectivity index (χ2n) is 12.0. The van der Waals surface area contributed by atoms with Crippen molar-refractivity contribution in [1.82, 2.24) is 19.7 Å². The summed E-state index contributed by atoms with van der Waals surface area (Å²) in [6.07, 6.45) is 7.01. The van der Waals surface area contributed by atoms with Gasteiger partial charge in [0, 0.05) is 47.5 Å². The molecule has 1 aliphatic heterocycles. The zero-order chi connectivity index (χ0) is 29.1. The summed E-state index contributed by atoms with van der Waals surface area (Å²) in [6, 6.07) is 11.8. The van der Waals surface area contributed by atoms with Crippen LogP contribution in [0.4, 0.5) is 4.79 Å². The van der Waals surface area contributed by atoms with E-state index in [1.807, 2.05) is 79.4 Å². The average Bonchev–Trinajstić information content (AvgIpc) is 3.44. The van der Waals surface area contributed by atoms with Gasteiger partial charge in [0.05, 0.1) is 17.1 Å². The second-order valence-corrected chi connectivity index (χ2v) is 12.9. The lowest BCUT2D eigenvalue weighted by Crippen LogP contribution is -2.54. The van der Waals surface area contributed by atoms with Crippen molar-refractivity contribution >= 4 is 40.1 Å². The zero-order valence-corrected chi connectivity index (χ0v) is 25.3. The predicted molar refractivity (Wildman–Crippen MR) is 161 cm³/mol. The van der Waals surface area contributed by atoms with Gasteiger partial charge in [-0.25, -0.2) is 4.79 Å². The number of thiophene rings is 1. The fourth-order valence-electron chi connectivity index (χ4n) is 5.91. The third-order valence-electron chi connectivity index (χ3n) is 7.90. The normalized spacial score (nSPS) is 17.5. The standard InChI is InChI=1S/C32H40N4O4S/c1-5-35(25-12-7-6-8-13-25)30(38)24-18-27(41-21-24)29(23-17-22-11-9-10-14-26(22)33-19-23)36-16-15-34(20-28(36)37)31(39)40-32(2,3)4/h9-11,14,17-19,21,25,29H,5-8,12-13,15-16,20H2,1-4H3. The van der Waals surface area contributed by atoms with Gasteiger partial charge in [0.2, 0.25) is 5.91 Å². The second kappa shape index (κ2) is 12.2. The molecule has 0 bridgehead atoms. The Morgan fingerprint density at radius 1 is 1.12 bits per heavy atom. The molecule has 3 amide bonds. The Labute approximate surface area is 246 Å². The maximum atomic E-state index is 13.7. The van der Waals surface area contributed by atoms with Gasteiger partial charge in [-0.2, -0.15) is 0 Å². The molecule has 1 aromatic carbocycles. The molecule has 1 saturated heterocycles. The molecule has 1 atom stereocenters. The van der Waals surface area contributed by atoms with Crippen LogP contribution in [-0.2, 0) is 9.53 Å². The van der Waals surface area contributed by atoms with Crippen molar-refractivity contribution in [3.8, 4) is 0 Å². The first kappa shape index (κ1) is 29.0. The van der Waals surface area contributed by atoms with Gasteiger partial charge in [-0.15, -0.1) is 11.3 Å². The van der Waals surface area contributed by atoms with Crippen LogP contribution < -0.4 is 0 Å². The number of pyridine rings is 1. The van der Waals surface area contributed by atoms with Crippen LogP contribution in [0.25, 0.3) is 10.9 Å². The van der Waals surface area contributed by atoms with E-state index in [-0.39, 0.29) is 24.4 Å². The predicted octanol–water partition coefficient (Wildman–Crippen LogP) is 6.26. The van der Waals surface area contributed by atoms with E-state index in [0.29, 0.717) is 25.2 Å². The summed E-state index contributed by atoms with van der Waals surface area (Å²) in [4.78, 5) is 50.9. The summed E-state index contributed by atoms with van der Waals surface area (Å²) in [7, 11) is 0. The number of hydrogen-bond donors (Lipinski definition) is 0. The molecule has 1 saturated carbocycles. The highest BCUT2D eigenvalue weighted by Gasteiger charge is 2.36. The largest absolute Gasteiger partial charge is 0.444 e. The monoisotopic (exact) mass is 576 g/mol. The highest BCUT2D eigenvalue weighted by atomic mass is 32.1. The van der Waals surface area contributed by atoms with Crippen molar-refractivity contribution in [3.63, 3.8) is 0 Å². The number of carbonyl (C=O) groups excluding carboxylic acids is 3. The Balaban J connectivity index is 1.45. The van der Waals surface area contributed by atoms with Crippen molar-refractivity contribution in [2.24, 2.45) is 0 Å². The van der Waals surface area contributed by atoms with Gasteiger partial charge in [0.15, 0.2) is 0 Å². The molecule has 8 nitrogen and oxygen atoms in total. The highest BCUT2D eigenvalue weighted by Crippen LogP contribution is 2.36. The van der Waals surface area contributed by atoms with Crippen molar-refractivity contribution in [1.29, 1.82) is 0 Å². The Hall–Kier alpha value is -3.46. The first-order valence-electron chi connectivity index (χ1n) is 14.7. The number of rotatable bonds is 6. The SMILES string of the molecule is CCN(C(=O)c1csc(C(c2cnc3ccccc3c2)N2CCN(C(=O)OC(C)(C)C)CC2=O)c1)C1CCCCC1. The molecule has 2 fully saturated rings. The Morgan fingerprint density at radius 3 is 2.59 bits per heavy atom. The quantitative estimate of drug-likeness (QED) is 0.346. The minimum absolute atomic E-state index is 0.0540.